The van der Waals surface area contributed by atoms with E-state index in [4.69, 9.17) is 11.6 Å². The number of halogens is 1. The minimum absolute atomic E-state index is 0.132. The molecule has 0 aliphatic rings. The molecule has 5 nitrogen and oxygen atoms in total. The van der Waals surface area contributed by atoms with Crippen LogP contribution in [-0.2, 0) is 22.9 Å². The first-order valence-corrected chi connectivity index (χ1v) is 10.9. The van der Waals surface area contributed by atoms with Crippen LogP contribution >= 0.6 is 11.6 Å². The van der Waals surface area contributed by atoms with Gasteiger partial charge in [0, 0.05) is 5.02 Å². The van der Waals surface area contributed by atoms with Gasteiger partial charge in [-0.2, -0.15) is 0 Å². The van der Waals surface area contributed by atoms with Crippen LogP contribution in [0.3, 0.4) is 0 Å². The number of carboxylic acids is 1. The Kier molecular flexibility index (Phi) is 6.56. The summed E-state index contributed by atoms with van der Waals surface area (Å²) in [6, 6.07) is 20.1. The third kappa shape index (κ3) is 5.37. The lowest BCUT2D eigenvalue weighted by atomic mass is 9.99. The lowest BCUT2D eigenvalue weighted by Crippen LogP contribution is -2.14. The Morgan fingerprint density at radius 1 is 0.862 bits per heavy atom. The summed E-state index contributed by atoms with van der Waals surface area (Å²) in [6.45, 7) is 0. The monoisotopic (exact) mass is 429 g/mol. The van der Waals surface area contributed by atoms with E-state index in [2.05, 4.69) is 4.72 Å². The van der Waals surface area contributed by atoms with Crippen LogP contribution in [0.15, 0.2) is 77.7 Å². The van der Waals surface area contributed by atoms with E-state index in [1.807, 2.05) is 18.2 Å². The van der Waals surface area contributed by atoms with Gasteiger partial charge in [0.2, 0.25) is 0 Å². The van der Waals surface area contributed by atoms with E-state index in [-0.39, 0.29) is 4.90 Å². The molecule has 0 fully saturated rings. The third-order valence-corrected chi connectivity index (χ3v) is 6.16. The Labute approximate surface area is 175 Å². The number of nitrogens with one attached hydrogen (secondary N) is 1. The maximum Gasteiger partial charge on any atom is 0.335 e. The van der Waals surface area contributed by atoms with Crippen LogP contribution in [0.4, 0.5) is 5.69 Å². The molecule has 0 bridgehead atoms. The van der Waals surface area contributed by atoms with Crippen LogP contribution in [0.25, 0.3) is 0 Å². The van der Waals surface area contributed by atoms with Crippen molar-refractivity contribution in [2.24, 2.45) is 0 Å². The van der Waals surface area contributed by atoms with Gasteiger partial charge in [-0.25, -0.2) is 13.2 Å². The highest BCUT2D eigenvalue weighted by molar-refractivity contribution is 7.92. The Morgan fingerprint density at radius 2 is 1.45 bits per heavy atom. The van der Waals surface area contributed by atoms with Gasteiger partial charge in [-0.1, -0.05) is 48.0 Å². The number of carboxylic acid groups (broad SMARTS) is 1. The molecule has 0 heterocycles. The highest BCUT2D eigenvalue weighted by Gasteiger charge is 2.16. The molecule has 29 heavy (non-hydrogen) atoms. The van der Waals surface area contributed by atoms with Crippen molar-refractivity contribution in [3.05, 3.63) is 94.5 Å². The largest absolute Gasteiger partial charge is 0.478 e. The van der Waals surface area contributed by atoms with Crippen molar-refractivity contribution < 1.29 is 18.3 Å². The van der Waals surface area contributed by atoms with Gasteiger partial charge in [-0.3, -0.25) is 4.72 Å². The second-order valence-corrected chi connectivity index (χ2v) is 8.65. The van der Waals surface area contributed by atoms with Gasteiger partial charge in [-0.15, -0.1) is 0 Å². The summed E-state index contributed by atoms with van der Waals surface area (Å²) in [6.07, 6.45) is 1.87. The van der Waals surface area contributed by atoms with Crippen LogP contribution in [0.2, 0.25) is 5.02 Å². The van der Waals surface area contributed by atoms with Gasteiger partial charge in [0.1, 0.15) is 0 Å². The molecule has 3 aromatic carbocycles. The number of rotatable bonds is 8. The summed E-state index contributed by atoms with van der Waals surface area (Å²) in [7, 11) is -3.73. The number of anilines is 1. The van der Waals surface area contributed by atoms with E-state index < -0.39 is 16.0 Å². The number of sulfonamides is 1. The fourth-order valence-corrected chi connectivity index (χ4v) is 4.30. The molecule has 0 amide bonds. The summed E-state index contributed by atoms with van der Waals surface area (Å²) in [5.41, 5.74) is 2.41. The number of carbonyl (C=O) groups is 1. The zero-order chi connectivity index (χ0) is 20.9. The average Bonchev–Trinajstić information content (AvgIpc) is 2.69. The quantitative estimate of drug-likeness (QED) is 0.527. The predicted molar refractivity (Wildman–Crippen MR) is 114 cm³/mol. The van der Waals surface area contributed by atoms with Crippen molar-refractivity contribution in [2.45, 2.75) is 24.2 Å². The first-order chi connectivity index (χ1) is 13.9. The number of hydrogen-bond donors (Lipinski definition) is 2. The molecule has 0 unspecified atom stereocenters. The zero-order valence-corrected chi connectivity index (χ0v) is 17.1. The van der Waals surface area contributed by atoms with E-state index >= 15 is 0 Å². The molecular formula is C22H20ClNO4S. The molecule has 150 valence electrons. The second-order valence-electron chi connectivity index (χ2n) is 6.53. The van der Waals surface area contributed by atoms with Crippen LogP contribution in [0.5, 0.6) is 0 Å². The van der Waals surface area contributed by atoms with Crippen molar-refractivity contribution >= 4 is 33.3 Å². The Morgan fingerprint density at radius 3 is 2.14 bits per heavy atom. The highest BCUT2D eigenvalue weighted by atomic mass is 35.5. The van der Waals surface area contributed by atoms with Crippen molar-refractivity contribution in [3.63, 3.8) is 0 Å². The van der Waals surface area contributed by atoms with Crippen LogP contribution < -0.4 is 4.72 Å². The van der Waals surface area contributed by atoms with Gasteiger partial charge in [-0.05, 0) is 66.8 Å². The fraction of sp³-hybridized carbons (Fsp3) is 0.136. The Hall–Kier alpha value is -2.83. The smallest absolute Gasteiger partial charge is 0.335 e. The van der Waals surface area contributed by atoms with Gasteiger partial charge >= 0.3 is 5.97 Å². The molecule has 2 N–H and O–H groups in total. The van der Waals surface area contributed by atoms with Crippen LogP contribution in [0.1, 0.15) is 27.9 Å². The fourth-order valence-electron chi connectivity index (χ4n) is 3.07. The molecule has 3 rings (SSSR count). The summed E-state index contributed by atoms with van der Waals surface area (Å²) < 4.78 is 28.0. The zero-order valence-electron chi connectivity index (χ0n) is 15.5. The minimum atomic E-state index is -3.73. The van der Waals surface area contributed by atoms with Gasteiger partial charge in [0.25, 0.3) is 10.0 Å². The molecular weight excluding hydrogens is 410 g/mol. The van der Waals surface area contributed by atoms with Crippen molar-refractivity contribution in [2.75, 3.05) is 4.72 Å². The first kappa shape index (κ1) is 20.9. The summed E-state index contributed by atoms with van der Waals surface area (Å²) in [5.74, 6) is -0.947. The Bertz CT molecular complexity index is 1110. The standard InChI is InChI=1S/C22H20ClNO4S/c23-18-12-14-19(15-13-18)29(27,28)24-21-11-4-2-7-17(21)9-5-8-16-6-1-3-10-20(16)22(25)26/h1-4,6-7,10-15,24H,5,8-9H2,(H,25,26). The van der Waals surface area contributed by atoms with E-state index in [1.54, 1.807) is 30.3 Å². The molecule has 3 aromatic rings. The molecule has 0 aliphatic carbocycles. The number of hydrogen-bond acceptors (Lipinski definition) is 3. The van der Waals surface area contributed by atoms with E-state index in [1.165, 1.54) is 24.3 Å². The summed E-state index contributed by atoms with van der Waals surface area (Å²) in [4.78, 5) is 11.5. The normalized spacial score (nSPS) is 11.2. The molecule has 0 aliphatic heterocycles. The van der Waals surface area contributed by atoms with Gasteiger partial charge in [0.15, 0.2) is 0 Å². The Balaban J connectivity index is 1.73. The lowest BCUT2D eigenvalue weighted by molar-refractivity contribution is 0.0695. The average molecular weight is 430 g/mol. The molecule has 0 aromatic heterocycles. The maximum atomic E-state index is 12.7. The number of aromatic carboxylic acids is 1. The summed E-state index contributed by atoms with van der Waals surface area (Å²) in [5, 5.41) is 9.76. The van der Waals surface area contributed by atoms with E-state index in [0.717, 1.165) is 11.1 Å². The molecule has 0 radical (unpaired) electrons. The van der Waals surface area contributed by atoms with Crippen LogP contribution in [-0.4, -0.2) is 19.5 Å². The molecule has 7 heteroatoms. The lowest BCUT2D eigenvalue weighted by Gasteiger charge is -2.13. The van der Waals surface area contributed by atoms with Crippen molar-refractivity contribution in [1.82, 2.24) is 0 Å². The highest BCUT2D eigenvalue weighted by Crippen LogP contribution is 2.23. The molecule has 0 saturated carbocycles. The SMILES string of the molecule is O=C(O)c1ccccc1CCCc1ccccc1NS(=O)(=O)c1ccc(Cl)cc1. The maximum absolute atomic E-state index is 12.7. The van der Waals surface area contributed by atoms with Crippen molar-refractivity contribution in [1.29, 1.82) is 0 Å². The van der Waals surface area contributed by atoms with Gasteiger partial charge < -0.3 is 5.11 Å². The summed E-state index contributed by atoms with van der Waals surface area (Å²) >= 11 is 5.83. The van der Waals surface area contributed by atoms with Crippen LogP contribution in [0, 0.1) is 0 Å². The van der Waals surface area contributed by atoms with E-state index in [0.29, 0.717) is 35.5 Å². The first-order valence-electron chi connectivity index (χ1n) is 9.04. The third-order valence-electron chi connectivity index (χ3n) is 4.53. The van der Waals surface area contributed by atoms with Gasteiger partial charge in [0.05, 0.1) is 16.1 Å². The predicted octanol–water partition coefficient (Wildman–Crippen LogP) is 5.01. The second kappa shape index (κ2) is 9.11. The minimum Gasteiger partial charge on any atom is -0.478 e. The number of aryl methyl sites for hydroxylation is 2. The van der Waals surface area contributed by atoms with E-state index in [9.17, 15) is 18.3 Å². The number of para-hydroxylation sites is 1. The molecule has 0 spiro atoms. The molecule has 0 saturated heterocycles. The van der Waals surface area contributed by atoms with Crippen molar-refractivity contribution in [3.8, 4) is 0 Å². The molecule has 0 atom stereocenters. The number of benzene rings is 3. The topological polar surface area (TPSA) is 83.5 Å².